The molecule has 0 unspecified atom stereocenters. The van der Waals surface area contributed by atoms with Crippen molar-refractivity contribution in [3.8, 4) is 5.75 Å². The predicted molar refractivity (Wildman–Crippen MR) is 97.0 cm³/mol. The average Bonchev–Trinajstić information content (AvgIpc) is 2.58. The summed E-state index contributed by atoms with van der Waals surface area (Å²) in [5.74, 6) is 1.80. The molecule has 1 aromatic carbocycles. The number of rotatable bonds is 5. The summed E-state index contributed by atoms with van der Waals surface area (Å²) in [6.07, 6.45) is 4.49. The van der Waals surface area contributed by atoms with Gasteiger partial charge in [0.15, 0.2) is 0 Å². The van der Waals surface area contributed by atoms with Gasteiger partial charge in [0.05, 0.1) is 12.6 Å². The highest BCUT2D eigenvalue weighted by molar-refractivity contribution is 5.88. The normalized spacial score (nSPS) is 15.0. The zero-order valence-corrected chi connectivity index (χ0v) is 14.7. The number of benzene rings is 1. The average molecular weight is 341 g/mol. The van der Waals surface area contributed by atoms with Crippen LogP contribution in [0, 0.1) is 0 Å². The molecule has 1 heterocycles. The number of anilines is 2. The quantitative estimate of drug-likeness (QED) is 0.874. The van der Waals surface area contributed by atoms with E-state index >= 15 is 0 Å². The number of hydrogen-bond donors (Lipinski definition) is 2. The Hall–Kier alpha value is -2.83. The maximum Gasteiger partial charge on any atom is 0.322 e. The monoisotopic (exact) mass is 341 g/mol. The Labute approximate surface area is 147 Å². The molecule has 0 radical (unpaired) electrons. The minimum Gasteiger partial charge on any atom is -0.497 e. The molecule has 7 heteroatoms. The number of aromatic nitrogens is 2. The molecule has 1 saturated carbocycles. The van der Waals surface area contributed by atoms with E-state index in [9.17, 15) is 4.79 Å². The maximum absolute atomic E-state index is 12.5. The standard InChI is InChI=1S/C18H23N5O2/c1-23(2)15-8-11-19-16(20-15)21-17(24)22-18(9-5-10-18)13-6-4-7-14(12-13)25-3/h4,6-8,11-12H,5,9-10H2,1-3H3,(H2,19,20,21,22,24). The minimum atomic E-state index is -0.363. The molecule has 0 saturated heterocycles. The summed E-state index contributed by atoms with van der Waals surface area (Å²) in [5.41, 5.74) is 0.689. The van der Waals surface area contributed by atoms with Crippen molar-refractivity contribution in [3.63, 3.8) is 0 Å². The third kappa shape index (κ3) is 3.65. The van der Waals surface area contributed by atoms with Crippen LogP contribution < -0.4 is 20.3 Å². The lowest BCUT2D eigenvalue weighted by molar-refractivity contribution is 0.184. The molecule has 0 aliphatic heterocycles. The van der Waals surface area contributed by atoms with Crippen LogP contribution in [0.5, 0.6) is 5.75 Å². The molecule has 25 heavy (non-hydrogen) atoms. The number of nitrogens with one attached hydrogen (secondary N) is 2. The summed E-state index contributed by atoms with van der Waals surface area (Å²) in [5, 5.41) is 5.82. The number of amides is 2. The smallest absolute Gasteiger partial charge is 0.322 e. The van der Waals surface area contributed by atoms with Gasteiger partial charge in [-0.1, -0.05) is 12.1 Å². The van der Waals surface area contributed by atoms with Gasteiger partial charge >= 0.3 is 6.03 Å². The number of ether oxygens (including phenoxy) is 1. The Morgan fingerprint density at radius 3 is 2.72 bits per heavy atom. The SMILES string of the molecule is COc1cccc(C2(NC(=O)Nc3nccc(N(C)C)n3)CCC2)c1. The number of urea groups is 1. The van der Waals surface area contributed by atoms with E-state index in [1.54, 1.807) is 19.4 Å². The molecule has 1 aliphatic rings. The zero-order chi connectivity index (χ0) is 17.9. The molecule has 1 fully saturated rings. The van der Waals surface area contributed by atoms with Crippen LogP contribution in [0.3, 0.4) is 0 Å². The molecule has 1 aliphatic carbocycles. The highest BCUT2D eigenvalue weighted by Crippen LogP contribution is 2.42. The summed E-state index contributed by atoms with van der Waals surface area (Å²) < 4.78 is 5.30. The van der Waals surface area contributed by atoms with Crippen LogP contribution in [0.2, 0.25) is 0 Å². The summed E-state index contributed by atoms with van der Waals surface area (Å²) in [6, 6.07) is 9.31. The topological polar surface area (TPSA) is 79.4 Å². The Morgan fingerprint density at radius 1 is 1.28 bits per heavy atom. The first-order valence-corrected chi connectivity index (χ1v) is 8.26. The number of hydrogen-bond acceptors (Lipinski definition) is 5. The van der Waals surface area contributed by atoms with Crippen LogP contribution in [0.4, 0.5) is 16.6 Å². The van der Waals surface area contributed by atoms with Crippen molar-refractivity contribution in [1.29, 1.82) is 0 Å². The van der Waals surface area contributed by atoms with Gasteiger partial charge < -0.3 is 15.0 Å². The van der Waals surface area contributed by atoms with Gasteiger partial charge in [0, 0.05) is 20.3 Å². The van der Waals surface area contributed by atoms with E-state index < -0.39 is 0 Å². The fraction of sp³-hybridized carbons (Fsp3) is 0.389. The van der Waals surface area contributed by atoms with Crippen molar-refractivity contribution < 1.29 is 9.53 Å². The van der Waals surface area contributed by atoms with Gasteiger partial charge in [0.1, 0.15) is 11.6 Å². The molecule has 3 rings (SSSR count). The van der Waals surface area contributed by atoms with E-state index in [0.717, 1.165) is 36.4 Å². The minimum absolute atomic E-state index is 0.281. The number of nitrogens with zero attached hydrogens (tertiary/aromatic N) is 3. The second kappa shape index (κ2) is 6.96. The van der Waals surface area contributed by atoms with E-state index in [2.05, 4.69) is 20.6 Å². The molecule has 2 aromatic rings. The van der Waals surface area contributed by atoms with Gasteiger partial charge in [-0.15, -0.1) is 0 Å². The van der Waals surface area contributed by atoms with Crippen LogP contribution in [-0.4, -0.2) is 37.2 Å². The van der Waals surface area contributed by atoms with Crippen LogP contribution in [-0.2, 0) is 5.54 Å². The first-order chi connectivity index (χ1) is 12.0. The number of carbonyl (C=O) groups is 1. The molecule has 0 spiro atoms. The van der Waals surface area contributed by atoms with E-state index in [4.69, 9.17) is 4.74 Å². The lowest BCUT2D eigenvalue weighted by Gasteiger charge is -2.43. The van der Waals surface area contributed by atoms with Gasteiger partial charge in [0.25, 0.3) is 0 Å². The van der Waals surface area contributed by atoms with Gasteiger partial charge in [-0.2, -0.15) is 4.98 Å². The van der Waals surface area contributed by atoms with Crippen molar-refractivity contribution >= 4 is 17.8 Å². The molecular weight excluding hydrogens is 318 g/mol. The van der Waals surface area contributed by atoms with Gasteiger partial charge in [-0.3, -0.25) is 5.32 Å². The number of methoxy groups -OCH3 is 1. The van der Waals surface area contributed by atoms with Gasteiger partial charge in [-0.25, -0.2) is 9.78 Å². The predicted octanol–water partition coefficient (Wildman–Crippen LogP) is 2.75. The van der Waals surface area contributed by atoms with Crippen LogP contribution in [0.1, 0.15) is 24.8 Å². The fourth-order valence-electron chi connectivity index (χ4n) is 2.95. The first-order valence-electron chi connectivity index (χ1n) is 8.26. The zero-order valence-electron chi connectivity index (χ0n) is 14.7. The summed E-state index contributed by atoms with van der Waals surface area (Å²) in [6.45, 7) is 0. The van der Waals surface area contributed by atoms with Gasteiger partial charge in [0.2, 0.25) is 5.95 Å². The van der Waals surface area contributed by atoms with Crippen LogP contribution in [0.15, 0.2) is 36.5 Å². The maximum atomic E-state index is 12.5. The third-order valence-corrected chi connectivity index (χ3v) is 4.51. The largest absolute Gasteiger partial charge is 0.497 e. The van der Waals surface area contributed by atoms with E-state index in [1.165, 1.54) is 0 Å². The van der Waals surface area contributed by atoms with Crippen molar-refractivity contribution in [2.75, 3.05) is 31.4 Å². The van der Waals surface area contributed by atoms with Gasteiger partial charge in [-0.05, 0) is 43.0 Å². The second-order valence-electron chi connectivity index (χ2n) is 6.38. The van der Waals surface area contributed by atoms with E-state index in [1.807, 2.05) is 43.3 Å². The van der Waals surface area contributed by atoms with Crippen LogP contribution >= 0.6 is 0 Å². The highest BCUT2D eigenvalue weighted by Gasteiger charge is 2.40. The third-order valence-electron chi connectivity index (χ3n) is 4.51. The Morgan fingerprint density at radius 2 is 2.08 bits per heavy atom. The fourth-order valence-corrected chi connectivity index (χ4v) is 2.95. The molecule has 0 bridgehead atoms. The van der Waals surface area contributed by atoms with Crippen molar-refractivity contribution in [1.82, 2.24) is 15.3 Å². The molecule has 7 nitrogen and oxygen atoms in total. The van der Waals surface area contributed by atoms with Crippen molar-refractivity contribution in [2.45, 2.75) is 24.8 Å². The van der Waals surface area contributed by atoms with Crippen molar-refractivity contribution in [2.24, 2.45) is 0 Å². The summed E-state index contributed by atoms with van der Waals surface area (Å²) in [7, 11) is 5.42. The Bertz CT molecular complexity index is 759. The van der Waals surface area contributed by atoms with E-state index in [0.29, 0.717) is 0 Å². The lowest BCUT2D eigenvalue weighted by atomic mass is 9.72. The lowest BCUT2D eigenvalue weighted by Crippen LogP contribution is -2.52. The Kier molecular flexibility index (Phi) is 4.74. The molecule has 132 valence electrons. The molecule has 0 atom stereocenters. The summed E-state index contributed by atoms with van der Waals surface area (Å²) >= 11 is 0. The summed E-state index contributed by atoms with van der Waals surface area (Å²) in [4.78, 5) is 22.8. The Balaban J connectivity index is 1.73. The van der Waals surface area contributed by atoms with E-state index in [-0.39, 0.29) is 17.5 Å². The van der Waals surface area contributed by atoms with Crippen LogP contribution in [0.25, 0.3) is 0 Å². The van der Waals surface area contributed by atoms with Crippen molar-refractivity contribution in [3.05, 3.63) is 42.1 Å². The number of carbonyl (C=O) groups excluding carboxylic acids is 1. The highest BCUT2D eigenvalue weighted by atomic mass is 16.5. The molecule has 2 amide bonds. The molecule has 1 aromatic heterocycles. The molecular formula is C18H23N5O2. The molecule has 2 N–H and O–H groups in total. The first kappa shape index (κ1) is 17.0. The second-order valence-corrected chi connectivity index (χ2v) is 6.38.